The van der Waals surface area contributed by atoms with Crippen LogP contribution in [0.5, 0.6) is 0 Å². The second-order valence-electron chi connectivity index (χ2n) is 8.78. The number of rotatable bonds is 14. The fourth-order valence-corrected chi connectivity index (χ4v) is 4.20. The molecule has 1 N–H and O–H groups in total. The van der Waals surface area contributed by atoms with E-state index in [4.69, 9.17) is 0 Å². The van der Waals surface area contributed by atoms with Crippen LogP contribution in [0.15, 0.2) is 18.7 Å². The molecule has 1 unspecified atom stereocenters. The predicted octanol–water partition coefficient (Wildman–Crippen LogP) is 1.82. The normalized spacial score (nSPS) is 17.1. The van der Waals surface area contributed by atoms with Crippen molar-refractivity contribution in [3.8, 4) is 0 Å². The summed E-state index contributed by atoms with van der Waals surface area (Å²) in [5, 5.41) is 3.11. The molecule has 0 aromatic carbocycles. The van der Waals surface area contributed by atoms with Crippen LogP contribution in [0.2, 0.25) is 0 Å². The van der Waals surface area contributed by atoms with Crippen molar-refractivity contribution < 1.29 is 9.59 Å². The molecular weight excluding hydrogens is 392 g/mol. The second kappa shape index (κ2) is 14.2. The Morgan fingerprint density at radius 2 is 1.97 bits per heavy atom. The van der Waals surface area contributed by atoms with Gasteiger partial charge in [0.05, 0.1) is 12.4 Å². The van der Waals surface area contributed by atoms with Gasteiger partial charge in [-0.05, 0) is 65.8 Å². The first-order valence-corrected chi connectivity index (χ1v) is 11.9. The van der Waals surface area contributed by atoms with E-state index in [1.165, 1.54) is 6.42 Å². The van der Waals surface area contributed by atoms with Crippen molar-refractivity contribution >= 4 is 11.8 Å². The number of carbonyl (C=O) groups is 2. The predicted molar refractivity (Wildman–Crippen MR) is 124 cm³/mol. The van der Waals surface area contributed by atoms with Gasteiger partial charge in [0.1, 0.15) is 0 Å². The fourth-order valence-electron chi connectivity index (χ4n) is 4.20. The molecule has 2 heterocycles. The van der Waals surface area contributed by atoms with Gasteiger partial charge in [0, 0.05) is 45.0 Å². The Hall–Kier alpha value is -1.93. The molecule has 0 aliphatic carbocycles. The quantitative estimate of drug-likeness (QED) is 0.484. The van der Waals surface area contributed by atoms with Crippen LogP contribution in [0.25, 0.3) is 0 Å². The first-order chi connectivity index (χ1) is 15.0. The summed E-state index contributed by atoms with van der Waals surface area (Å²) < 4.78 is 2.00. The van der Waals surface area contributed by atoms with Crippen molar-refractivity contribution in [1.82, 2.24) is 29.6 Å². The third kappa shape index (κ3) is 9.39. The number of amides is 2. The average molecular weight is 435 g/mol. The molecule has 8 heteroatoms. The Labute approximate surface area is 188 Å². The number of imidazole rings is 1. The minimum absolute atomic E-state index is 0.0122. The van der Waals surface area contributed by atoms with Crippen LogP contribution < -0.4 is 5.32 Å². The van der Waals surface area contributed by atoms with Gasteiger partial charge in [-0.2, -0.15) is 0 Å². The van der Waals surface area contributed by atoms with Crippen LogP contribution in [-0.4, -0.2) is 95.5 Å². The number of likely N-dealkylation sites (tertiary alicyclic amines) is 1. The minimum atomic E-state index is -0.0122. The van der Waals surface area contributed by atoms with Crippen molar-refractivity contribution in [2.24, 2.45) is 0 Å². The maximum Gasteiger partial charge on any atom is 0.237 e. The van der Waals surface area contributed by atoms with E-state index >= 15 is 0 Å². The third-order valence-electron chi connectivity index (χ3n) is 5.86. The van der Waals surface area contributed by atoms with Gasteiger partial charge in [-0.1, -0.05) is 13.3 Å². The molecule has 1 atom stereocenters. The molecule has 1 aliphatic rings. The van der Waals surface area contributed by atoms with Gasteiger partial charge in [0.15, 0.2) is 0 Å². The summed E-state index contributed by atoms with van der Waals surface area (Å²) in [6.07, 6.45) is 12.0. The Kier molecular flexibility index (Phi) is 11.6. The van der Waals surface area contributed by atoms with Crippen LogP contribution in [0.4, 0.5) is 0 Å². The van der Waals surface area contributed by atoms with Crippen LogP contribution >= 0.6 is 0 Å². The molecule has 176 valence electrons. The molecule has 2 rings (SSSR count). The molecule has 1 aromatic rings. The van der Waals surface area contributed by atoms with Gasteiger partial charge in [-0.15, -0.1) is 0 Å². The summed E-state index contributed by atoms with van der Waals surface area (Å²) in [5.74, 6) is 0.285. The Balaban J connectivity index is 1.80. The van der Waals surface area contributed by atoms with Crippen molar-refractivity contribution in [2.45, 2.75) is 64.5 Å². The highest BCUT2D eigenvalue weighted by Crippen LogP contribution is 2.17. The molecule has 31 heavy (non-hydrogen) atoms. The number of nitrogens with zero attached hydrogens (tertiary/aromatic N) is 5. The largest absolute Gasteiger partial charge is 0.353 e. The highest BCUT2D eigenvalue weighted by atomic mass is 16.2. The van der Waals surface area contributed by atoms with E-state index < -0.39 is 0 Å². The lowest BCUT2D eigenvalue weighted by Gasteiger charge is -2.34. The molecule has 2 amide bonds. The lowest BCUT2D eigenvalue weighted by molar-refractivity contribution is -0.132. The van der Waals surface area contributed by atoms with Gasteiger partial charge in [-0.25, -0.2) is 4.98 Å². The summed E-state index contributed by atoms with van der Waals surface area (Å²) in [7, 11) is 4.09. The Morgan fingerprint density at radius 3 is 2.68 bits per heavy atom. The standard InChI is InChI=1S/C23H42N6O2/c1-4-13-28-16-6-5-9-21(28)23(31)25-12-19-29(17-8-14-26(2)3)22(30)10-7-15-27-18-11-24-20-27/h11,18,20-21H,4-10,12-17,19H2,1-3H3,(H,25,31). The molecule has 1 saturated heterocycles. The maximum absolute atomic E-state index is 12.8. The van der Waals surface area contributed by atoms with Gasteiger partial charge in [0.2, 0.25) is 11.8 Å². The molecule has 0 saturated carbocycles. The van der Waals surface area contributed by atoms with Crippen LogP contribution in [0.3, 0.4) is 0 Å². The first-order valence-electron chi connectivity index (χ1n) is 11.9. The Morgan fingerprint density at radius 1 is 1.13 bits per heavy atom. The van der Waals surface area contributed by atoms with E-state index in [0.29, 0.717) is 19.5 Å². The summed E-state index contributed by atoms with van der Waals surface area (Å²) in [4.78, 5) is 36.0. The van der Waals surface area contributed by atoms with Crippen LogP contribution in [0, 0.1) is 0 Å². The van der Waals surface area contributed by atoms with Gasteiger partial charge in [0.25, 0.3) is 0 Å². The molecular formula is C23H42N6O2. The third-order valence-corrected chi connectivity index (χ3v) is 5.86. The number of piperidine rings is 1. The van der Waals surface area contributed by atoms with Gasteiger partial charge in [-0.3, -0.25) is 14.5 Å². The highest BCUT2D eigenvalue weighted by Gasteiger charge is 2.27. The van der Waals surface area contributed by atoms with E-state index in [2.05, 4.69) is 27.0 Å². The molecule has 0 radical (unpaired) electrons. The zero-order valence-electron chi connectivity index (χ0n) is 19.8. The van der Waals surface area contributed by atoms with Gasteiger partial charge < -0.3 is 19.7 Å². The summed E-state index contributed by atoms with van der Waals surface area (Å²) in [6.45, 7) is 7.70. The maximum atomic E-state index is 12.8. The average Bonchev–Trinajstić information content (AvgIpc) is 3.26. The van der Waals surface area contributed by atoms with Crippen molar-refractivity contribution in [3.05, 3.63) is 18.7 Å². The number of hydrogen-bond acceptors (Lipinski definition) is 5. The minimum Gasteiger partial charge on any atom is -0.353 e. The number of hydrogen-bond donors (Lipinski definition) is 1. The van der Waals surface area contributed by atoms with E-state index in [0.717, 1.165) is 64.8 Å². The second-order valence-corrected chi connectivity index (χ2v) is 8.78. The molecule has 0 bridgehead atoms. The van der Waals surface area contributed by atoms with E-state index in [-0.39, 0.29) is 17.9 Å². The van der Waals surface area contributed by atoms with E-state index in [1.807, 2.05) is 29.8 Å². The van der Waals surface area contributed by atoms with Crippen molar-refractivity contribution in [1.29, 1.82) is 0 Å². The fraction of sp³-hybridized carbons (Fsp3) is 0.783. The number of aryl methyl sites for hydroxylation is 1. The topological polar surface area (TPSA) is 73.7 Å². The Bertz CT molecular complexity index is 632. The number of carbonyl (C=O) groups excluding carboxylic acids is 2. The summed E-state index contributed by atoms with van der Waals surface area (Å²) in [5.41, 5.74) is 0. The zero-order valence-corrected chi connectivity index (χ0v) is 19.8. The number of aromatic nitrogens is 2. The van der Waals surface area contributed by atoms with Crippen molar-refractivity contribution in [2.75, 3.05) is 53.4 Å². The molecule has 1 fully saturated rings. The lowest BCUT2D eigenvalue weighted by Crippen LogP contribution is -2.51. The van der Waals surface area contributed by atoms with Crippen molar-refractivity contribution in [3.63, 3.8) is 0 Å². The van der Waals surface area contributed by atoms with Crippen LogP contribution in [-0.2, 0) is 16.1 Å². The molecule has 8 nitrogen and oxygen atoms in total. The number of nitrogens with one attached hydrogen (secondary N) is 1. The summed E-state index contributed by atoms with van der Waals surface area (Å²) >= 11 is 0. The zero-order chi connectivity index (χ0) is 22.5. The van der Waals surface area contributed by atoms with Crippen LogP contribution in [0.1, 0.15) is 51.9 Å². The SMILES string of the molecule is CCCN1CCCCC1C(=O)NCCN(CCCN(C)C)C(=O)CCCn1ccnc1. The van der Waals surface area contributed by atoms with Gasteiger partial charge >= 0.3 is 0 Å². The molecule has 1 aliphatic heterocycles. The smallest absolute Gasteiger partial charge is 0.237 e. The molecule has 0 spiro atoms. The lowest BCUT2D eigenvalue weighted by atomic mass is 10.0. The highest BCUT2D eigenvalue weighted by molar-refractivity contribution is 5.82. The summed E-state index contributed by atoms with van der Waals surface area (Å²) in [6, 6.07) is -0.0122. The monoisotopic (exact) mass is 434 g/mol. The van der Waals surface area contributed by atoms with E-state index in [9.17, 15) is 9.59 Å². The first kappa shape index (κ1) is 25.3. The molecule has 1 aromatic heterocycles. The van der Waals surface area contributed by atoms with E-state index in [1.54, 1.807) is 12.5 Å².